The molecule has 160 valence electrons. The second-order valence-corrected chi connectivity index (χ2v) is 7.33. The Balaban J connectivity index is 1.53. The van der Waals surface area contributed by atoms with E-state index in [9.17, 15) is 18.3 Å². The molecule has 0 saturated carbocycles. The molecule has 0 unspecified atom stereocenters. The predicted octanol–water partition coefficient (Wildman–Crippen LogP) is 6.18. The van der Waals surface area contributed by atoms with Gasteiger partial charge in [0.1, 0.15) is 5.82 Å². The van der Waals surface area contributed by atoms with E-state index >= 15 is 0 Å². The van der Waals surface area contributed by atoms with Crippen molar-refractivity contribution in [3.05, 3.63) is 89.8 Å². The van der Waals surface area contributed by atoms with Gasteiger partial charge in [0.05, 0.1) is 13.2 Å². The Kier molecular flexibility index (Phi) is 6.11. The Morgan fingerprint density at radius 2 is 1.48 bits per heavy atom. The number of hydrogen-bond acceptors (Lipinski definition) is 3. The highest BCUT2D eigenvalue weighted by Gasteiger charge is 2.24. The van der Waals surface area contributed by atoms with E-state index in [0.29, 0.717) is 29.9 Å². The first kappa shape index (κ1) is 21.2. The topological polar surface area (TPSA) is 38.7 Å². The number of hydrogen-bond donors (Lipinski definition) is 1. The Morgan fingerprint density at radius 1 is 0.839 bits per heavy atom. The number of aromatic hydroxyl groups is 1. The first-order valence-electron chi connectivity index (χ1n) is 9.91. The van der Waals surface area contributed by atoms with E-state index in [2.05, 4.69) is 0 Å². The zero-order chi connectivity index (χ0) is 22.0. The summed E-state index contributed by atoms with van der Waals surface area (Å²) in [5, 5.41) is 9.27. The van der Waals surface area contributed by atoms with E-state index < -0.39 is 23.7 Å². The maximum absolute atomic E-state index is 14.8. The summed E-state index contributed by atoms with van der Waals surface area (Å²) in [5.41, 5.74) is 2.41. The molecule has 3 nitrogen and oxygen atoms in total. The third kappa shape index (κ3) is 4.36. The van der Waals surface area contributed by atoms with Crippen molar-refractivity contribution in [3.8, 4) is 28.0 Å². The van der Waals surface area contributed by atoms with E-state index in [0.717, 1.165) is 11.6 Å². The Bertz CT molecular complexity index is 1100. The average Bonchev–Trinajstić information content (AvgIpc) is 2.79. The van der Waals surface area contributed by atoms with E-state index in [-0.39, 0.29) is 17.3 Å². The highest BCUT2D eigenvalue weighted by Crippen LogP contribution is 2.32. The highest BCUT2D eigenvalue weighted by atomic mass is 19.2. The molecule has 0 bridgehead atoms. The molecule has 0 aliphatic carbocycles. The van der Waals surface area contributed by atoms with Gasteiger partial charge in [0.25, 0.3) is 0 Å². The number of rotatable bonds is 4. The second kappa shape index (κ2) is 8.96. The summed E-state index contributed by atoms with van der Waals surface area (Å²) in [6.07, 6.45) is 3.25. The molecule has 1 aliphatic rings. The Labute approximate surface area is 178 Å². The van der Waals surface area contributed by atoms with E-state index in [1.807, 2.05) is 19.1 Å². The number of phenolic OH excluding ortho intramolecular Hbond substituents is 1. The van der Waals surface area contributed by atoms with Gasteiger partial charge < -0.3 is 14.6 Å². The molecule has 31 heavy (non-hydrogen) atoms. The molecule has 0 amide bonds. The third-order valence-corrected chi connectivity index (χ3v) is 5.30. The largest absolute Gasteiger partial charge is 0.505 e. The fraction of sp³-hybridized carbons (Fsp3) is 0.200. The molecule has 4 rings (SSSR count). The number of allylic oxidation sites excluding steroid dienone is 1. The minimum atomic E-state index is -1.29. The van der Waals surface area contributed by atoms with Crippen LogP contribution >= 0.6 is 0 Å². The Morgan fingerprint density at radius 3 is 2.13 bits per heavy atom. The van der Waals surface area contributed by atoms with Crippen LogP contribution in [0.25, 0.3) is 22.3 Å². The quantitative estimate of drug-likeness (QED) is 0.507. The van der Waals surface area contributed by atoms with Crippen LogP contribution in [-0.2, 0) is 9.47 Å². The van der Waals surface area contributed by atoms with E-state index in [1.54, 1.807) is 36.4 Å². The number of ether oxygens (including phenoxy) is 2. The van der Waals surface area contributed by atoms with Gasteiger partial charge in [-0.05, 0) is 53.5 Å². The zero-order valence-corrected chi connectivity index (χ0v) is 16.8. The molecule has 0 aromatic heterocycles. The summed E-state index contributed by atoms with van der Waals surface area (Å²) in [6.45, 7) is 2.62. The van der Waals surface area contributed by atoms with Crippen molar-refractivity contribution in [2.75, 3.05) is 13.2 Å². The SMILES string of the molecule is C/C=C/C1OCC(c2ccc(-c3ccc(-c4ccc(O)c(F)c4F)cc3)cc2F)CO1. The van der Waals surface area contributed by atoms with Crippen LogP contribution in [0.5, 0.6) is 5.75 Å². The molecule has 1 fully saturated rings. The van der Waals surface area contributed by atoms with E-state index in [1.165, 1.54) is 12.1 Å². The lowest BCUT2D eigenvalue weighted by Crippen LogP contribution is -2.29. The standard InChI is InChI=1S/C25H21F3O3/c1-2-3-23-30-13-18(14-31-23)19-9-8-17(12-21(19)26)15-4-6-16(7-5-15)20-10-11-22(29)25(28)24(20)27/h2-12,18,23,29H,13-14H2,1H3/b3-2+. The van der Waals surface area contributed by atoms with Gasteiger partial charge in [0, 0.05) is 11.5 Å². The molecule has 1 heterocycles. The molecular weight excluding hydrogens is 405 g/mol. The maximum Gasteiger partial charge on any atom is 0.200 e. The normalized spacial score (nSPS) is 19.1. The summed E-state index contributed by atoms with van der Waals surface area (Å²) in [6, 6.07) is 14.1. The molecule has 0 radical (unpaired) electrons. The summed E-state index contributed by atoms with van der Waals surface area (Å²) in [7, 11) is 0. The van der Waals surface area contributed by atoms with Crippen LogP contribution in [-0.4, -0.2) is 24.6 Å². The van der Waals surface area contributed by atoms with Crippen molar-refractivity contribution in [3.63, 3.8) is 0 Å². The number of halogens is 3. The summed E-state index contributed by atoms with van der Waals surface area (Å²) in [5.74, 6) is -3.68. The Hall–Kier alpha value is -3.09. The van der Waals surface area contributed by atoms with Gasteiger partial charge in [0.15, 0.2) is 17.9 Å². The van der Waals surface area contributed by atoms with Gasteiger partial charge in [-0.3, -0.25) is 0 Å². The van der Waals surface area contributed by atoms with Crippen LogP contribution in [0.2, 0.25) is 0 Å². The lowest BCUT2D eigenvalue weighted by Gasteiger charge is -2.28. The molecule has 3 aromatic carbocycles. The van der Waals surface area contributed by atoms with Crippen molar-refractivity contribution < 1.29 is 27.8 Å². The van der Waals surface area contributed by atoms with Gasteiger partial charge in [-0.2, -0.15) is 4.39 Å². The monoisotopic (exact) mass is 426 g/mol. The smallest absolute Gasteiger partial charge is 0.200 e. The molecule has 0 atom stereocenters. The number of benzene rings is 3. The van der Waals surface area contributed by atoms with Crippen LogP contribution in [0.3, 0.4) is 0 Å². The van der Waals surface area contributed by atoms with Crippen LogP contribution in [0.1, 0.15) is 18.4 Å². The first-order chi connectivity index (χ1) is 15.0. The van der Waals surface area contributed by atoms with Crippen molar-refractivity contribution in [2.45, 2.75) is 19.1 Å². The fourth-order valence-corrected chi connectivity index (χ4v) is 3.61. The molecule has 0 spiro atoms. The summed E-state index contributed by atoms with van der Waals surface area (Å²) in [4.78, 5) is 0. The molecule has 1 saturated heterocycles. The van der Waals surface area contributed by atoms with Crippen LogP contribution in [0.4, 0.5) is 13.2 Å². The second-order valence-electron chi connectivity index (χ2n) is 7.33. The molecule has 6 heteroatoms. The number of phenols is 1. The molecule has 3 aromatic rings. The van der Waals surface area contributed by atoms with Gasteiger partial charge in [0.2, 0.25) is 5.82 Å². The lowest BCUT2D eigenvalue weighted by atomic mass is 9.95. The van der Waals surface area contributed by atoms with Crippen LogP contribution in [0, 0.1) is 17.5 Å². The lowest BCUT2D eigenvalue weighted by molar-refractivity contribution is -0.159. The molecular formula is C25H21F3O3. The molecule has 1 N–H and O–H groups in total. The van der Waals surface area contributed by atoms with Crippen LogP contribution < -0.4 is 0 Å². The van der Waals surface area contributed by atoms with E-state index in [4.69, 9.17) is 9.47 Å². The molecule has 1 aliphatic heterocycles. The summed E-state index contributed by atoms with van der Waals surface area (Å²) < 4.78 is 53.7. The third-order valence-electron chi connectivity index (χ3n) is 5.30. The van der Waals surface area contributed by atoms with Crippen LogP contribution in [0.15, 0.2) is 66.7 Å². The minimum absolute atomic E-state index is 0.0388. The van der Waals surface area contributed by atoms with Crippen molar-refractivity contribution in [1.82, 2.24) is 0 Å². The summed E-state index contributed by atoms with van der Waals surface area (Å²) >= 11 is 0. The van der Waals surface area contributed by atoms with Gasteiger partial charge in [-0.25, -0.2) is 8.78 Å². The highest BCUT2D eigenvalue weighted by molar-refractivity contribution is 5.71. The minimum Gasteiger partial charge on any atom is -0.505 e. The van der Waals surface area contributed by atoms with Crippen molar-refractivity contribution in [2.24, 2.45) is 0 Å². The van der Waals surface area contributed by atoms with Crippen molar-refractivity contribution >= 4 is 0 Å². The van der Waals surface area contributed by atoms with Gasteiger partial charge in [-0.1, -0.05) is 42.5 Å². The van der Waals surface area contributed by atoms with Gasteiger partial charge in [-0.15, -0.1) is 0 Å². The van der Waals surface area contributed by atoms with Gasteiger partial charge >= 0.3 is 0 Å². The maximum atomic E-state index is 14.8. The average molecular weight is 426 g/mol. The fourth-order valence-electron chi connectivity index (χ4n) is 3.61. The zero-order valence-electron chi connectivity index (χ0n) is 16.8. The first-order valence-corrected chi connectivity index (χ1v) is 9.91. The predicted molar refractivity (Wildman–Crippen MR) is 112 cm³/mol. The van der Waals surface area contributed by atoms with Crippen molar-refractivity contribution in [1.29, 1.82) is 0 Å².